The first kappa shape index (κ1) is 14.8. The number of carboxylic acid groups (broad SMARTS) is 1. The summed E-state index contributed by atoms with van der Waals surface area (Å²) >= 11 is 0. The van der Waals surface area contributed by atoms with Crippen molar-refractivity contribution in [1.29, 1.82) is 0 Å². The number of hydrogen-bond donors (Lipinski definition) is 1. The van der Waals surface area contributed by atoms with Gasteiger partial charge in [0, 0.05) is 18.9 Å². The third-order valence-electron chi connectivity index (χ3n) is 4.55. The average molecular weight is 271 g/mol. The molecule has 0 aromatic heterocycles. The number of likely N-dealkylation sites (N-methyl/N-ethyl adjacent to an activating group) is 1. The second-order valence-electron chi connectivity index (χ2n) is 5.99. The molecule has 1 heterocycles. The lowest BCUT2D eigenvalue weighted by Gasteiger charge is -2.45. The number of carboxylic acids is 1. The van der Waals surface area contributed by atoms with Gasteiger partial charge < -0.3 is 14.6 Å². The van der Waals surface area contributed by atoms with E-state index < -0.39 is 11.5 Å². The normalized spacial score (nSPS) is 24.2. The van der Waals surface area contributed by atoms with Gasteiger partial charge in [-0.05, 0) is 33.2 Å². The van der Waals surface area contributed by atoms with Gasteiger partial charge in [-0.1, -0.05) is 6.92 Å². The quantitative estimate of drug-likeness (QED) is 0.845. The molecule has 2 aliphatic rings. The maximum atomic E-state index is 11.4. The summed E-state index contributed by atoms with van der Waals surface area (Å²) in [6.45, 7) is 7.71. The Morgan fingerprint density at radius 3 is 2.26 bits per heavy atom. The van der Waals surface area contributed by atoms with E-state index in [1.54, 1.807) is 13.8 Å². The van der Waals surface area contributed by atoms with Crippen molar-refractivity contribution in [2.45, 2.75) is 63.8 Å². The number of aliphatic carboxylic acids is 1. The van der Waals surface area contributed by atoms with Gasteiger partial charge in [-0.3, -0.25) is 9.69 Å². The fourth-order valence-corrected chi connectivity index (χ4v) is 3.37. The summed E-state index contributed by atoms with van der Waals surface area (Å²) in [6, 6.07) is 0.300. The van der Waals surface area contributed by atoms with E-state index in [9.17, 15) is 9.90 Å². The lowest BCUT2D eigenvalue weighted by atomic mass is 9.86. The summed E-state index contributed by atoms with van der Waals surface area (Å²) in [5.74, 6) is -1.13. The molecular formula is C14H25NO4. The fraction of sp³-hybridized carbons (Fsp3) is 0.929. The van der Waals surface area contributed by atoms with Crippen LogP contribution in [0.2, 0.25) is 0 Å². The third kappa shape index (κ3) is 2.78. The Hall–Kier alpha value is -0.650. The molecule has 1 N–H and O–H groups in total. The highest BCUT2D eigenvalue weighted by molar-refractivity contribution is 5.77. The minimum Gasteiger partial charge on any atom is -0.480 e. The molecule has 0 radical (unpaired) electrons. The Kier molecular flexibility index (Phi) is 4.18. The minimum absolute atomic E-state index is 0.300. The monoisotopic (exact) mass is 271 g/mol. The van der Waals surface area contributed by atoms with Gasteiger partial charge in [-0.2, -0.15) is 0 Å². The molecule has 19 heavy (non-hydrogen) atoms. The molecule has 1 aliphatic heterocycles. The van der Waals surface area contributed by atoms with E-state index in [4.69, 9.17) is 9.47 Å². The van der Waals surface area contributed by atoms with Gasteiger partial charge in [0.2, 0.25) is 0 Å². The van der Waals surface area contributed by atoms with E-state index in [2.05, 4.69) is 4.90 Å². The molecule has 2 fully saturated rings. The van der Waals surface area contributed by atoms with Crippen LogP contribution in [0, 0.1) is 0 Å². The van der Waals surface area contributed by atoms with Crippen LogP contribution in [0.25, 0.3) is 0 Å². The van der Waals surface area contributed by atoms with Crippen molar-refractivity contribution in [1.82, 2.24) is 4.90 Å². The Morgan fingerprint density at radius 1 is 1.32 bits per heavy atom. The highest BCUT2D eigenvalue weighted by Gasteiger charge is 2.45. The molecule has 2 rings (SSSR count). The van der Waals surface area contributed by atoms with Gasteiger partial charge in [0.15, 0.2) is 5.79 Å². The zero-order chi connectivity index (χ0) is 14.1. The van der Waals surface area contributed by atoms with Crippen LogP contribution < -0.4 is 0 Å². The van der Waals surface area contributed by atoms with Gasteiger partial charge in [0.05, 0.1) is 13.2 Å². The van der Waals surface area contributed by atoms with Crippen molar-refractivity contribution < 1.29 is 19.4 Å². The number of ether oxygens (including phenoxy) is 2. The third-order valence-corrected chi connectivity index (χ3v) is 4.55. The van der Waals surface area contributed by atoms with Gasteiger partial charge in [-0.15, -0.1) is 0 Å². The van der Waals surface area contributed by atoms with E-state index in [-0.39, 0.29) is 5.79 Å². The zero-order valence-corrected chi connectivity index (χ0v) is 12.1. The predicted molar refractivity (Wildman–Crippen MR) is 71.0 cm³/mol. The summed E-state index contributed by atoms with van der Waals surface area (Å²) in [5, 5.41) is 9.39. The van der Waals surface area contributed by atoms with Crippen molar-refractivity contribution in [3.8, 4) is 0 Å². The largest absolute Gasteiger partial charge is 0.480 e. The van der Waals surface area contributed by atoms with E-state index in [0.29, 0.717) is 19.3 Å². The standard InChI is InChI=1S/C14H25NO4/c1-4-15(13(2,3)12(16)17)11-5-7-14(8-6-11)18-9-10-19-14/h11H,4-10H2,1-3H3,(H,16,17). The maximum absolute atomic E-state index is 11.4. The summed E-state index contributed by atoms with van der Waals surface area (Å²) < 4.78 is 11.4. The summed E-state index contributed by atoms with van der Waals surface area (Å²) in [7, 11) is 0. The van der Waals surface area contributed by atoms with Crippen LogP contribution in [0.3, 0.4) is 0 Å². The molecule has 0 aromatic rings. The van der Waals surface area contributed by atoms with Gasteiger partial charge >= 0.3 is 5.97 Å². The topological polar surface area (TPSA) is 59.0 Å². The molecular weight excluding hydrogens is 246 g/mol. The minimum atomic E-state index is -0.818. The molecule has 5 nitrogen and oxygen atoms in total. The van der Waals surface area contributed by atoms with Crippen molar-refractivity contribution in [3.63, 3.8) is 0 Å². The molecule has 1 saturated heterocycles. The number of nitrogens with zero attached hydrogens (tertiary/aromatic N) is 1. The molecule has 1 spiro atoms. The van der Waals surface area contributed by atoms with E-state index >= 15 is 0 Å². The van der Waals surface area contributed by atoms with Crippen molar-refractivity contribution >= 4 is 5.97 Å². The van der Waals surface area contributed by atoms with Crippen molar-refractivity contribution in [3.05, 3.63) is 0 Å². The molecule has 0 amide bonds. The smallest absolute Gasteiger partial charge is 0.323 e. The van der Waals surface area contributed by atoms with Gasteiger partial charge in [0.25, 0.3) is 0 Å². The first-order chi connectivity index (χ1) is 8.91. The first-order valence-corrected chi connectivity index (χ1v) is 7.19. The Morgan fingerprint density at radius 2 is 1.84 bits per heavy atom. The van der Waals surface area contributed by atoms with Gasteiger partial charge in [-0.25, -0.2) is 0 Å². The van der Waals surface area contributed by atoms with E-state index in [1.165, 1.54) is 0 Å². The highest BCUT2D eigenvalue weighted by Crippen LogP contribution is 2.38. The average Bonchev–Trinajstić information content (AvgIpc) is 2.81. The van der Waals surface area contributed by atoms with Crippen molar-refractivity contribution in [2.24, 2.45) is 0 Å². The Labute approximate surface area is 114 Å². The summed E-state index contributed by atoms with van der Waals surface area (Å²) in [5.41, 5.74) is -0.818. The van der Waals surface area contributed by atoms with E-state index in [1.807, 2.05) is 6.92 Å². The Bertz CT molecular complexity index is 326. The lowest BCUT2D eigenvalue weighted by Crippen LogP contribution is -2.56. The van der Waals surface area contributed by atoms with Crippen LogP contribution >= 0.6 is 0 Å². The SMILES string of the molecule is CCN(C1CCC2(CC1)OCCO2)C(C)(C)C(=O)O. The van der Waals surface area contributed by atoms with Crippen LogP contribution in [0.1, 0.15) is 46.5 Å². The predicted octanol–water partition coefficient (Wildman–Crippen LogP) is 1.86. The van der Waals surface area contributed by atoms with Crippen LogP contribution in [0.4, 0.5) is 0 Å². The highest BCUT2D eigenvalue weighted by atomic mass is 16.7. The number of hydrogen-bond acceptors (Lipinski definition) is 4. The second-order valence-corrected chi connectivity index (χ2v) is 5.99. The van der Waals surface area contributed by atoms with Crippen molar-refractivity contribution in [2.75, 3.05) is 19.8 Å². The first-order valence-electron chi connectivity index (χ1n) is 7.19. The summed E-state index contributed by atoms with van der Waals surface area (Å²) in [4.78, 5) is 13.5. The van der Waals surface area contributed by atoms with E-state index in [0.717, 1.165) is 32.2 Å². The second kappa shape index (κ2) is 5.38. The molecule has 5 heteroatoms. The molecule has 1 aliphatic carbocycles. The maximum Gasteiger partial charge on any atom is 0.323 e. The Balaban J connectivity index is 2.00. The van der Waals surface area contributed by atoms with Crippen LogP contribution in [-0.4, -0.2) is 53.1 Å². The molecule has 110 valence electrons. The lowest BCUT2D eigenvalue weighted by molar-refractivity contribution is -0.188. The van der Waals surface area contributed by atoms with Crippen LogP contribution in [0.5, 0.6) is 0 Å². The molecule has 0 unspecified atom stereocenters. The molecule has 0 bridgehead atoms. The summed E-state index contributed by atoms with van der Waals surface area (Å²) in [6.07, 6.45) is 3.60. The van der Waals surface area contributed by atoms with Crippen LogP contribution in [-0.2, 0) is 14.3 Å². The molecule has 1 saturated carbocycles. The number of carbonyl (C=O) groups is 1. The van der Waals surface area contributed by atoms with Crippen LogP contribution in [0.15, 0.2) is 0 Å². The van der Waals surface area contributed by atoms with Gasteiger partial charge in [0.1, 0.15) is 5.54 Å². The fourth-order valence-electron chi connectivity index (χ4n) is 3.37. The molecule has 0 atom stereocenters. The number of rotatable bonds is 4. The molecule has 0 aromatic carbocycles. The zero-order valence-electron chi connectivity index (χ0n) is 12.1.